The summed E-state index contributed by atoms with van der Waals surface area (Å²) in [7, 11) is 0. The zero-order chi connectivity index (χ0) is 12.7. The molecular weight excluding hydrogens is 214 g/mol. The molecule has 0 saturated heterocycles. The number of amides is 1. The first-order chi connectivity index (χ1) is 8.15. The Bertz CT molecular complexity index is 233. The summed E-state index contributed by atoms with van der Waals surface area (Å²) in [6.45, 7) is 5.63. The quantitative estimate of drug-likeness (QED) is 0.623. The molecule has 1 aliphatic carbocycles. The molecule has 0 aromatic carbocycles. The predicted octanol–water partition coefficient (Wildman–Crippen LogP) is 1.01. The molecular formula is C13H27N3O. The third-order valence-corrected chi connectivity index (χ3v) is 3.45. The Balaban J connectivity index is 2.25. The third kappa shape index (κ3) is 5.50. The fourth-order valence-corrected chi connectivity index (χ4v) is 2.46. The molecule has 0 aromatic heterocycles. The lowest BCUT2D eigenvalue weighted by atomic mass is 10.1. The predicted molar refractivity (Wildman–Crippen MR) is 70.7 cm³/mol. The molecule has 1 saturated carbocycles. The summed E-state index contributed by atoms with van der Waals surface area (Å²) in [6.07, 6.45) is 5.20. The lowest BCUT2D eigenvalue weighted by molar-refractivity contribution is -0.121. The summed E-state index contributed by atoms with van der Waals surface area (Å²) < 4.78 is 0. The van der Waals surface area contributed by atoms with E-state index in [2.05, 4.69) is 24.5 Å². The van der Waals surface area contributed by atoms with Crippen LogP contribution in [0, 0.1) is 5.92 Å². The topological polar surface area (TPSA) is 67.2 Å². The van der Waals surface area contributed by atoms with Crippen molar-refractivity contribution in [2.45, 2.75) is 58.0 Å². The summed E-state index contributed by atoms with van der Waals surface area (Å²) in [5.74, 6) is 0.917. The van der Waals surface area contributed by atoms with Crippen molar-refractivity contribution in [3.63, 3.8) is 0 Å². The van der Waals surface area contributed by atoms with Crippen molar-refractivity contribution in [1.82, 2.24) is 10.6 Å². The van der Waals surface area contributed by atoms with Crippen LogP contribution in [0.15, 0.2) is 0 Å². The lowest BCUT2D eigenvalue weighted by Crippen LogP contribution is -2.44. The van der Waals surface area contributed by atoms with Crippen LogP contribution in [-0.2, 0) is 4.79 Å². The van der Waals surface area contributed by atoms with E-state index in [0.29, 0.717) is 19.0 Å². The van der Waals surface area contributed by atoms with Gasteiger partial charge in [0.15, 0.2) is 0 Å². The molecule has 0 spiro atoms. The lowest BCUT2D eigenvalue weighted by Gasteiger charge is -2.21. The van der Waals surface area contributed by atoms with Crippen molar-refractivity contribution in [1.29, 1.82) is 0 Å². The van der Waals surface area contributed by atoms with E-state index in [0.717, 1.165) is 18.9 Å². The monoisotopic (exact) mass is 241 g/mol. The van der Waals surface area contributed by atoms with Crippen molar-refractivity contribution in [2.75, 3.05) is 13.1 Å². The van der Waals surface area contributed by atoms with Gasteiger partial charge in [0, 0.05) is 31.6 Å². The van der Waals surface area contributed by atoms with Crippen LogP contribution in [0.25, 0.3) is 0 Å². The van der Waals surface area contributed by atoms with E-state index in [1.807, 2.05) is 0 Å². The van der Waals surface area contributed by atoms with Gasteiger partial charge < -0.3 is 16.4 Å². The molecule has 0 aliphatic heterocycles. The number of rotatable bonds is 7. The number of carbonyl (C=O) groups excluding carboxylic acids is 1. The molecule has 100 valence electrons. The van der Waals surface area contributed by atoms with E-state index in [4.69, 9.17) is 5.73 Å². The van der Waals surface area contributed by atoms with Crippen LogP contribution in [0.3, 0.4) is 0 Å². The molecule has 1 aliphatic rings. The van der Waals surface area contributed by atoms with Crippen molar-refractivity contribution in [3.8, 4) is 0 Å². The van der Waals surface area contributed by atoms with Gasteiger partial charge in [-0.3, -0.25) is 4.79 Å². The summed E-state index contributed by atoms with van der Waals surface area (Å²) >= 11 is 0. The highest BCUT2D eigenvalue weighted by molar-refractivity contribution is 5.76. The van der Waals surface area contributed by atoms with Crippen LogP contribution in [0.1, 0.15) is 46.0 Å². The molecule has 4 heteroatoms. The molecule has 0 aromatic rings. The third-order valence-electron chi connectivity index (χ3n) is 3.45. The molecule has 4 N–H and O–H groups in total. The molecule has 3 unspecified atom stereocenters. The van der Waals surface area contributed by atoms with E-state index < -0.39 is 0 Å². The van der Waals surface area contributed by atoms with Gasteiger partial charge >= 0.3 is 0 Å². The molecule has 0 bridgehead atoms. The average molecular weight is 241 g/mol. The van der Waals surface area contributed by atoms with Crippen LogP contribution in [0.4, 0.5) is 0 Å². The maximum Gasteiger partial charge on any atom is 0.221 e. The Morgan fingerprint density at radius 3 is 2.76 bits per heavy atom. The van der Waals surface area contributed by atoms with Crippen LogP contribution >= 0.6 is 0 Å². The van der Waals surface area contributed by atoms with Crippen LogP contribution in [-0.4, -0.2) is 31.1 Å². The van der Waals surface area contributed by atoms with E-state index in [9.17, 15) is 4.79 Å². The molecule has 1 fully saturated rings. The summed E-state index contributed by atoms with van der Waals surface area (Å²) in [5, 5.41) is 6.41. The van der Waals surface area contributed by atoms with Gasteiger partial charge in [0.1, 0.15) is 0 Å². The molecule has 1 rings (SSSR count). The molecule has 0 radical (unpaired) electrons. The maximum atomic E-state index is 11.6. The Kier molecular flexibility index (Phi) is 6.52. The van der Waals surface area contributed by atoms with Gasteiger partial charge in [0.05, 0.1) is 0 Å². The first-order valence-corrected chi connectivity index (χ1v) is 6.88. The minimum Gasteiger partial charge on any atom is -0.356 e. The van der Waals surface area contributed by atoms with Gasteiger partial charge in [0.25, 0.3) is 0 Å². The fourth-order valence-electron chi connectivity index (χ4n) is 2.46. The SMILES string of the molecule is CCCNC(=O)CC(CN)NC1CCC(C)C1. The van der Waals surface area contributed by atoms with Gasteiger partial charge in [-0.05, 0) is 31.6 Å². The highest BCUT2D eigenvalue weighted by Gasteiger charge is 2.24. The summed E-state index contributed by atoms with van der Waals surface area (Å²) in [6, 6.07) is 0.680. The average Bonchev–Trinajstić information content (AvgIpc) is 2.71. The van der Waals surface area contributed by atoms with E-state index >= 15 is 0 Å². The van der Waals surface area contributed by atoms with E-state index in [1.54, 1.807) is 0 Å². The number of nitrogens with two attached hydrogens (primary N) is 1. The Morgan fingerprint density at radius 1 is 1.47 bits per heavy atom. The largest absolute Gasteiger partial charge is 0.356 e. The zero-order valence-corrected chi connectivity index (χ0v) is 11.2. The minimum atomic E-state index is 0.112. The van der Waals surface area contributed by atoms with Crippen LogP contribution in [0.5, 0.6) is 0 Å². The molecule has 0 heterocycles. The Labute approximate surface area is 105 Å². The molecule has 3 atom stereocenters. The second kappa shape index (κ2) is 7.67. The van der Waals surface area contributed by atoms with Gasteiger partial charge in [0.2, 0.25) is 5.91 Å². The summed E-state index contributed by atoms with van der Waals surface area (Å²) in [4.78, 5) is 11.6. The normalized spacial score (nSPS) is 25.8. The van der Waals surface area contributed by atoms with Crippen molar-refractivity contribution in [2.24, 2.45) is 11.7 Å². The number of nitrogens with one attached hydrogen (secondary N) is 2. The Hall–Kier alpha value is -0.610. The maximum absolute atomic E-state index is 11.6. The zero-order valence-electron chi connectivity index (χ0n) is 11.2. The minimum absolute atomic E-state index is 0.112. The first-order valence-electron chi connectivity index (χ1n) is 6.88. The molecule has 1 amide bonds. The molecule has 4 nitrogen and oxygen atoms in total. The number of hydrogen-bond donors (Lipinski definition) is 3. The first kappa shape index (κ1) is 14.5. The summed E-state index contributed by atoms with van der Waals surface area (Å²) in [5.41, 5.74) is 5.72. The van der Waals surface area contributed by atoms with Gasteiger partial charge in [-0.2, -0.15) is 0 Å². The highest BCUT2D eigenvalue weighted by Crippen LogP contribution is 2.24. The fraction of sp³-hybridized carbons (Fsp3) is 0.923. The van der Waals surface area contributed by atoms with E-state index in [1.165, 1.54) is 19.3 Å². The second-order valence-corrected chi connectivity index (χ2v) is 5.27. The van der Waals surface area contributed by atoms with Crippen molar-refractivity contribution >= 4 is 5.91 Å². The number of carbonyl (C=O) groups is 1. The van der Waals surface area contributed by atoms with Crippen LogP contribution in [0.2, 0.25) is 0 Å². The smallest absolute Gasteiger partial charge is 0.221 e. The van der Waals surface area contributed by atoms with Gasteiger partial charge in [-0.15, -0.1) is 0 Å². The standard InChI is InChI=1S/C13H27N3O/c1-3-6-15-13(17)8-12(9-14)16-11-5-4-10(2)7-11/h10-12,16H,3-9,14H2,1-2H3,(H,15,17). The van der Waals surface area contributed by atoms with Crippen molar-refractivity contribution in [3.05, 3.63) is 0 Å². The second-order valence-electron chi connectivity index (χ2n) is 5.27. The van der Waals surface area contributed by atoms with Crippen LogP contribution < -0.4 is 16.4 Å². The number of hydrogen-bond acceptors (Lipinski definition) is 3. The van der Waals surface area contributed by atoms with E-state index in [-0.39, 0.29) is 11.9 Å². The van der Waals surface area contributed by atoms with Gasteiger partial charge in [-0.25, -0.2) is 0 Å². The highest BCUT2D eigenvalue weighted by atomic mass is 16.1. The van der Waals surface area contributed by atoms with Gasteiger partial charge in [-0.1, -0.05) is 13.8 Å². The Morgan fingerprint density at radius 2 is 2.24 bits per heavy atom. The van der Waals surface area contributed by atoms with Crippen molar-refractivity contribution < 1.29 is 4.79 Å². The molecule has 17 heavy (non-hydrogen) atoms.